The SMILES string of the molecule is N/C(=N/O)c1cccc(CNc2cc(Br)c(F)cc2F)c1. The molecule has 0 amide bonds. The van der Waals surface area contributed by atoms with Crippen LogP contribution < -0.4 is 11.1 Å². The lowest BCUT2D eigenvalue weighted by Crippen LogP contribution is -2.13. The minimum atomic E-state index is -0.678. The van der Waals surface area contributed by atoms with Gasteiger partial charge in [0.1, 0.15) is 11.6 Å². The van der Waals surface area contributed by atoms with E-state index in [4.69, 9.17) is 10.9 Å². The van der Waals surface area contributed by atoms with Crippen molar-refractivity contribution in [2.45, 2.75) is 6.54 Å². The predicted molar refractivity (Wildman–Crippen MR) is 80.3 cm³/mol. The Balaban J connectivity index is 2.15. The van der Waals surface area contributed by atoms with Gasteiger partial charge in [0.15, 0.2) is 5.84 Å². The number of amidine groups is 1. The lowest BCUT2D eigenvalue weighted by Gasteiger charge is -2.09. The Kier molecular flexibility index (Phi) is 4.74. The first kappa shape index (κ1) is 15.2. The van der Waals surface area contributed by atoms with E-state index in [2.05, 4.69) is 26.4 Å². The van der Waals surface area contributed by atoms with Crippen LogP contribution in [0.15, 0.2) is 46.0 Å². The molecule has 0 saturated carbocycles. The van der Waals surface area contributed by atoms with Gasteiger partial charge in [-0.05, 0) is 33.6 Å². The highest BCUT2D eigenvalue weighted by Gasteiger charge is 2.08. The number of nitrogens with two attached hydrogens (primary N) is 1. The lowest BCUT2D eigenvalue weighted by atomic mass is 10.1. The van der Waals surface area contributed by atoms with E-state index in [1.54, 1.807) is 24.3 Å². The summed E-state index contributed by atoms with van der Waals surface area (Å²) >= 11 is 3.00. The van der Waals surface area contributed by atoms with Crippen LogP contribution in [-0.4, -0.2) is 11.0 Å². The average Bonchev–Trinajstić information content (AvgIpc) is 2.49. The second-order valence-corrected chi connectivity index (χ2v) is 5.14. The van der Waals surface area contributed by atoms with Gasteiger partial charge in [0.05, 0.1) is 10.2 Å². The molecular weight excluding hydrogens is 344 g/mol. The van der Waals surface area contributed by atoms with Gasteiger partial charge in [-0.25, -0.2) is 8.78 Å². The van der Waals surface area contributed by atoms with Gasteiger partial charge in [0, 0.05) is 18.2 Å². The van der Waals surface area contributed by atoms with E-state index in [1.807, 2.05) is 0 Å². The average molecular weight is 356 g/mol. The van der Waals surface area contributed by atoms with Crippen LogP contribution in [0.3, 0.4) is 0 Å². The molecule has 110 valence electrons. The van der Waals surface area contributed by atoms with Crippen molar-refractivity contribution in [3.63, 3.8) is 0 Å². The van der Waals surface area contributed by atoms with Crippen LogP contribution in [0.4, 0.5) is 14.5 Å². The smallest absolute Gasteiger partial charge is 0.170 e. The minimum absolute atomic E-state index is 0.00689. The topological polar surface area (TPSA) is 70.6 Å². The zero-order valence-electron chi connectivity index (χ0n) is 10.8. The molecule has 7 heteroatoms. The maximum absolute atomic E-state index is 13.6. The maximum Gasteiger partial charge on any atom is 0.170 e. The van der Waals surface area contributed by atoms with Crippen molar-refractivity contribution in [3.8, 4) is 0 Å². The van der Waals surface area contributed by atoms with E-state index >= 15 is 0 Å². The van der Waals surface area contributed by atoms with Gasteiger partial charge in [-0.1, -0.05) is 23.4 Å². The van der Waals surface area contributed by atoms with Gasteiger partial charge in [-0.2, -0.15) is 0 Å². The first-order valence-electron chi connectivity index (χ1n) is 5.96. The van der Waals surface area contributed by atoms with Crippen LogP contribution in [0.1, 0.15) is 11.1 Å². The molecule has 0 unspecified atom stereocenters. The number of rotatable bonds is 4. The van der Waals surface area contributed by atoms with Crippen molar-refractivity contribution in [1.82, 2.24) is 0 Å². The fourth-order valence-corrected chi connectivity index (χ4v) is 2.10. The number of benzene rings is 2. The Morgan fingerprint density at radius 2 is 2.00 bits per heavy atom. The summed E-state index contributed by atoms with van der Waals surface area (Å²) < 4.78 is 26.9. The highest BCUT2D eigenvalue weighted by molar-refractivity contribution is 9.10. The Hall–Kier alpha value is -2.15. The Bertz CT molecular complexity index is 692. The van der Waals surface area contributed by atoms with Crippen molar-refractivity contribution in [2.75, 3.05) is 5.32 Å². The normalized spacial score (nSPS) is 11.5. The van der Waals surface area contributed by atoms with Crippen LogP contribution in [-0.2, 0) is 6.54 Å². The number of nitrogens with one attached hydrogen (secondary N) is 1. The first-order valence-corrected chi connectivity index (χ1v) is 6.76. The van der Waals surface area contributed by atoms with Gasteiger partial charge >= 0.3 is 0 Å². The van der Waals surface area contributed by atoms with Crippen molar-refractivity contribution in [3.05, 3.63) is 63.6 Å². The van der Waals surface area contributed by atoms with Crippen LogP contribution in [0, 0.1) is 11.6 Å². The van der Waals surface area contributed by atoms with Crippen molar-refractivity contribution in [2.24, 2.45) is 10.9 Å². The molecule has 0 fully saturated rings. The quantitative estimate of drug-likeness (QED) is 0.258. The molecule has 0 spiro atoms. The molecule has 2 aromatic carbocycles. The predicted octanol–water partition coefficient (Wildman–Crippen LogP) is 3.43. The highest BCUT2D eigenvalue weighted by Crippen LogP contribution is 2.24. The molecule has 0 atom stereocenters. The summed E-state index contributed by atoms with van der Waals surface area (Å²) in [5.41, 5.74) is 7.04. The molecule has 2 rings (SSSR count). The second kappa shape index (κ2) is 6.53. The molecule has 0 aliphatic heterocycles. The molecule has 4 N–H and O–H groups in total. The zero-order valence-corrected chi connectivity index (χ0v) is 12.4. The number of nitrogens with zero attached hydrogens (tertiary/aromatic N) is 1. The summed E-state index contributed by atoms with van der Waals surface area (Å²) in [4.78, 5) is 0. The number of anilines is 1. The summed E-state index contributed by atoms with van der Waals surface area (Å²) in [6, 6.07) is 9.07. The summed E-state index contributed by atoms with van der Waals surface area (Å²) in [6.45, 7) is 0.307. The van der Waals surface area contributed by atoms with Gasteiger partial charge in [0.2, 0.25) is 0 Å². The molecular formula is C14H12BrF2N3O. The van der Waals surface area contributed by atoms with Gasteiger partial charge in [0.25, 0.3) is 0 Å². The monoisotopic (exact) mass is 355 g/mol. The van der Waals surface area contributed by atoms with Crippen LogP contribution in [0.25, 0.3) is 0 Å². The molecule has 0 aromatic heterocycles. The third-order valence-corrected chi connectivity index (χ3v) is 3.43. The molecule has 4 nitrogen and oxygen atoms in total. The standard InChI is InChI=1S/C14H12BrF2N3O/c15-10-5-13(12(17)6-11(10)16)19-7-8-2-1-3-9(4-8)14(18)20-21/h1-6,19,21H,7H2,(H2,18,20). The van der Waals surface area contributed by atoms with E-state index in [0.717, 1.165) is 11.6 Å². The third-order valence-electron chi connectivity index (χ3n) is 2.82. The van der Waals surface area contributed by atoms with Crippen molar-refractivity contribution >= 4 is 27.5 Å². The minimum Gasteiger partial charge on any atom is -0.409 e. The lowest BCUT2D eigenvalue weighted by molar-refractivity contribution is 0.318. The molecule has 0 radical (unpaired) electrons. The van der Waals surface area contributed by atoms with E-state index in [-0.39, 0.29) is 16.0 Å². The number of halogens is 3. The van der Waals surface area contributed by atoms with Crippen LogP contribution in [0.5, 0.6) is 0 Å². The van der Waals surface area contributed by atoms with Crippen LogP contribution >= 0.6 is 15.9 Å². The third kappa shape index (κ3) is 3.69. The molecule has 0 aliphatic carbocycles. The molecule has 0 saturated heterocycles. The highest BCUT2D eigenvalue weighted by atomic mass is 79.9. The van der Waals surface area contributed by atoms with E-state index in [1.165, 1.54) is 6.07 Å². The molecule has 0 bridgehead atoms. The van der Waals surface area contributed by atoms with E-state index < -0.39 is 11.6 Å². The molecule has 0 heterocycles. The molecule has 0 aliphatic rings. The fourth-order valence-electron chi connectivity index (χ4n) is 1.75. The Morgan fingerprint density at radius 1 is 1.24 bits per heavy atom. The fraction of sp³-hybridized carbons (Fsp3) is 0.0714. The number of hydrogen-bond donors (Lipinski definition) is 3. The number of hydrogen-bond acceptors (Lipinski definition) is 3. The molecule has 2 aromatic rings. The van der Waals surface area contributed by atoms with Gasteiger partial charge in [-0.15, -0.1) is 0 Å². The maximum atomic E-state index is 13.6. The summed E-state index contributed by atoms with van der Waals surface area (Å²) in [7, 11) is 0. The zero-order chi connectivity index (χ0) is 15.4. The first-order chi connectivity index (χ1) is 10.0. The second-order valence-electron chi connectivity index (χ2n) is 4.29. The van der Waals surface area contributed by atoms with Gasteiger partial charge < -0.3 is 16.3 Å². The Morgan fingerprint density at radius 3 is 2.71 bits per heavy atom. The number of oxime groups is 1. The van der Waals surface area contributed by atoms with Crippen LogP contribution in [0.2, 0.25) is 0 Å². The van der Waals surface area contributed by atoms with Crippen molar-refractivity contribution in [1.29, 1.82) is 0 Å². The summed E-state index contributed by atoms with van der Waals surface area (Å²) in [5.74, 6) is -1.34. The summed E-state index contributed by atoms with van der Waals surface area (Å²) in [6.07, 6.45) is 0. The van der Waals surface area contributed by atoms with E-state index in [9.17, 15) is 8.78 Å². The van der Waals surface area contributed by atoms with E-state index in [0.29, 0.717) is 12.1 Å². The van der Waals surface area contributed by atoms with Gasteiger partial charge in [-0.3, -0.25) is 0 Å². The largest absolute Gasteiger partial charge is 0.409 e. The Labute approximate surface area is 128 Å². The molecule has 21 heavy (non-hydrogen) atoms. The van der Waals surface area contributed by atoms with Crippen molar-refractivity contribution < 1.29 is 14.0 Å². The summed E-state index contributed by atoms with van der Waals surface area (Å²) in [5, 5.41) is 14.4.